The maximum absolute atomic E-state index is 9.89. The van der Waals surface area contributed by atoms with Crippen LogP contribution in [0.15, 0.2) is 102 Å². The van der Waals surface area contributed by atoms with Gasteiger partial charge >= 0.3 is 0 Å². The van der Waals surface area contributed by atoms with Gasteiger partial charge in [0.25, 0.3) is 0 Å². The van der Waals surface area contributed by atoms with Crippen molar-refractivity contribution in [1.82, 2.24) is 9.88 Å². The van der Waals surface area contributed by atoms with Crippen LogP contribution in [-0.2, 0) is 0 Å². The van der Waals surface area contributed by atoms with E-state index in [4.69, 9.17) is 4.98 Å². The molecule has 0 saturated heterocycles. The molecule has 1 aromatic heterocycles. The molecule has 0 radical (unpaired) electrons. The lowest BCUT2D eigenvalue weighted by Crippen LogP contribution is -2.41. The van der Waals surface area contributed by atoms with E-state index in [2.05, 4.69) is 85.6 Å². The molecule has 1 aromatic rings. The van der Waals surface area contributed by atoms with Crippen molar-refractivity contribution >= 4 is 0 Å². The zero-order valence-electron chi connectivity index (χ0n) is 21.6. The molecule has 4 atom stereocenters. The lowest BCUT2D eigenvalue weighted by molar-refractivity contribution is 0.283. The third-order valence-corrected chi connectivity index (χ3v) is 8.12. The lowest BCUT2D eigenvalue weighted by Gasteiger charge is -2.45. The highest BCUT2D eigenvalue weighted by Gasteiger charge is 2.36. The summed E-state index contributed by atoms with van der Waals surface area (Å²) in [6.07, 6.45) is 32.5. The van der Waals surface area contributed by atoms with Crippen molar-refractivity contribution in [1.29, 1.82) is 5.26 Å². The van der Waals surface area contributed by atoms with E-state index in [0.717, 1.165) is 37.8 Å². The summed E-state index contributed by atoms with van der Waals surface area (Å²) >= 11 is 0. The molecule has 5 rings (SSSR count). The van der Waals surface area contributed by atoms with Crippen LogP contribution < -0.4 is 0 Å². The fourth-order valence-electron chi connectivity index (χ4n) is 6.38. The van der Waals surface area contributed by atoms with Crippen molar-refractivity contribution in [3.05, 3.63) is 113 Å². The standard InChI is InChI=1S/C33H37N3/c1-24-12-10-13-25(2)33(24)36(30-19-8-6-16-27(30)22-26-14-4-3-5-15-26)31-20-9-7-18-29(31)32-28(23-34)17-11-21-35-32/h3-5,7-9,11,14,17-21,24,26,29,31H,6,10,12-13,15-16,22H2,1-2H3. The van der Waals surface area contributed by atoms with Gasteiger partial charge in [0, 0.05) is 23.5 Å². The minimum absolute atomic E-state index is 0.0156. The number of aromatic nitrogens is 1. The molecule has 0 fully saturated rings. The van der Waals surface area contributed by atoms with Crippen LogP contribution in [0.25, 0.3) is 0 Å². The van der Waals surface area contributed by atoms with Gasteiger partial charge in [-0.2, -0.15) is 5.26 Å². The smallest absolute Gasteiger partial charge is 0.101 e. The first-order valence-electron chi connectivity index (χ1n) is 13.6. The molecule has 36 heavy (non-hydrogen) atoms. The van der Waals surface area contributed by atoms with E-state index in [1.54, 1.807) is 5.57 Å². The lowest BCUT2D eigenvalue weighted by atomic mass is 9.81. The van der Waals surface area contributed by atoms with E-state index in [1.165, 1.54) is 29.8 Å². The van der Waals surface area contributed by atoms with Gasteiger partial charge in [-0.05, 0) is 87.5 Å². The molecule has 0 spiro atoms. The molecular formula is C33H37N3. The summed E-state index contributed by atoms with van der Waals surface area (Å²) < 4.78 is 0. The second-order valence-corrected chi connectivity index (χ2v) is 10.6. The number of hydrogen-bond donors (Lipinski definition) is 0. The number of nitriles is 1. The summed E-state index contributed by atoms with van der Waals surface area (Å²) in [6, 6.07) is 6.25. The van der Waals surface area contributed by atoms with E-state index < -0.39 is 0 Å². The number of hydrogen-bond acceptors (Lipinski definition) is 3. The Morgan fingerprint density at radius 2 is 1.94 bits per heavy atom. The quantitative estimate of drug-likeness (QED) is 0.418. The first-order chi connectivity index (χ1) is 17.7. The minimum Gasteiger partial charge on any atom is -0.337 e. The van der Waals surface area contributed by atoms with Gasteiger partial charge in [0.1, 0.15) is 6.07 Å². The number of rotatable bonds is 6. The van der Waals surface area contributed by atoms with Gasteiger partial charge in [0.05, 0.1) is 17.3 Å². The Morgan fingerprint density at radius 1 is 1.08 bits per heavy atom. The topological polar surface area (TPSA) is 39.9 Å². The Balaban J connectivity index is 1.64. The third-order valence-electron chi connectivity index (χ3n) is 8.12. The predicted octanol–water partition coefficient (Wildman–Crippen LogP) is 8.05. The molecule has 0 bridgehead atoms. The highest BCUT2D eigenvalue weighted by atomic mass is 15.2. The molecular weight excluding hydrogens is 438 g/mol. The number of allylic oxidation sites excluding steroid dienone is 11. The summed E-state index contributed by atoms with van der Waals surface area (Å²) in [5, 5.41) is 9.89. The SMILES string of the molecule is CC1=C(N(C2=C(CC3C=CC=CC3)CCC=C2)C2C=CC=CC2c2ncccc2C#N)C(C)CCC1. The van der Waals surface area contributed by atoms with Gasteiger partial charge < -0.3 is 4.90 Å². The molecule has 184 valence electrons. The summed E-state index contributed by atoms with van der Waals surface area (Å²) in [6.45, 7) is 4.73. The maximum Gasteiger partial charge on any atom is 0.101 e. The Hall–Kier alpha value is -3.38. The summed E-state index contributed by atoms with van der Waals surface area (Å²) in [5.74, 6) is 1.08. The molecule has 4 aliphatic carbocycles. The average Bonchev–Trinajstić information content (AvgIpc) is 2.92. The molecule has 0 aliphatic heterocycles. The largest absolute Gasteiger partial charge is 0.337 e. The molecule has 4 unspecified atom stereocenters. The number of pyridine rings is 1. The van der Waals surface area contributed by atoms with E-state index in [1.807, 2.05) is 18.3 Å². The third kappa shape index (κ3) is 4.96. The van der Waals surface area contributed by atoms with Crippen LogP contribution in [0.2, 0.25) is 0 Å². The van der Waals surface area contributed by atoms with E-state index in [-0.39, 0.29) is 12.0 Å². The monoisotopic (exact) mass is 475 g/mol. The van der Waals surface area contributed by atoms with Crippen LogP contribution in [0.3, 0.4) is 0 Å². The molecule has 0 aromatic carbocycles. The summed E-state index contributed by atoms with van der Waals surface area (Å²) in [4.78, 5) is 7.41. The Labute approximate surface area is 216 Å². The fourth-order valence-corrected chi connectivity index (χ4v) is 6.38. The van der Waals surface area contributed by atoms with E-state index >= 15 is 0 Å². The van der Waals surface area contributed by atoms with Gasteiger partial charge in [0.2, 0.25) is 0 Å². The van der Waals surface area contributed by atoms with Gasteiger partial charge in [-0.1, -0.05) is 67.2 Å². The molecule has 0 N–H and O–H groups in total. The van der Waals surface area contributed by atoms with Crippen LogP contribution in [0, 0.1) is 23.2 Å². The maximum atomic E-state index is 9.89. The molecule has 1 heterocycles. The fraction of sp³-hybridized carbons (Fsp3) is 0.394. The molecule has 0 amide bonds. The van der Waals surface area contributed by atoms with Crippen molar-refractivity contribution in [3.63, 3.8) is 0 Å². The first-order valence-corrected chi connectivity index (χ1v) is 13.6. The molecule has 4 aliphatic rings. The normalized spacial score (nSPS) is 27.5. The summed E-state index contributed by atoms with van der Waals surface area (Å²) in [5.41, 5.74) is 7.45. The highest BCUT2D eigenvalue weighted by molar-refractivity contribution is 5.44. The Bertz CT molecular complexity index is 1230. The highest BCUT2D eigenvalue weighted by Crippen LogP contribution is 2.43. The van der Waals surface area contributed by atoms with Crippen LogP contribution in [0.4, 0.5) is 0 Å². The van der Waals surface area contributed by atoms with Crippen molar-refractivity contribution in [3.8, 4) is 6.07 Å². The molecule has 3 heteroatoms. The van der Waals surface area contributed by atoms with Gasteiger partial charge in [-0.3, -0.25) is 4.98 Å². The van der Waals surface area contributed by atoms with Crippen LogP contribution in [0.5, 0.6) is 0 Å². The second-order valence-electron chi connectivity index (χ2n) is 10.6. The van der Waals surface area contributed by atoms with Crippen molar-refractivity contribution in [2.75, 3.05) is 0 Å². The minimum atomic E-state index is 0.0156. The second kappa shape index (κ2) is 11.1. The Morgan fingerprint density at radius 3 is 2.75 bits per heavy atom. The zero-order chi connectivity index (χ0) is 24.9. The van der Waals surface area contributed by atoms with E-state index in [9.17, 15) is 5.26 Å². The molecule has 0 saturated carbocycles. The Kier molecular flexibility index (Phi) is 7.52. The predicted molar refractivity (Wildman–Crippen MR) is 148 cm³/mol. The first kappa shape index (κ1) is 24.3. The number of nitrogens with zero attached hydrogens (tertiary/aromatic N) is 3. The van der Waals surface area contributed by atoms with Gasteiger partial charge in [-0.15, -0.1) is 0 Å². The van der Waals surface area contributed by atoms with E-state index in [0.29, 0.717) is 17.4 Å². The zero-order valence-corrected chi connectivity index (χ0v) is 21.6. The van der Waals surface area contributed by atoms with Gasteiger partial charge in [0.15, 0.2) is 0 Å². The van der Waals surface area contributed by atoms with Gasteiger partial charge in [-0.25, -0.2) is 0 Å². The van der Waals surface area contributed by atoms with Crippen LogP contribution in [-0.4, -0.2) is 15.9 Å². The van der Waals surface area contributed by atoms with Crippen LogP contribution >= 0.6 is 0 Å². The molecule has 3 nitrogen and oxygen atoms in total. The van der Waals surface area contributed by atoms with Crippen molar-refractivity contribution < 1.29 is 0 Å². The average molecular weight is 476 g/mol. The van der Waals surface area contributed by atoms with Crippen molar-refractivity contribution in [2.45, 2.75) is 70.8 Å². The van der Waals surface area contributed by atoms with Crippen molar-refractivity contribution in [2.24, 2.45) is 11.8 Å². The van der Waals surface area contributed by atoms with Crippen LogP contribution in [0.1, 0.15) is 76.0 Å². The summed E-state index contributed by atoms with van der Waals surface area (Å²) in [7, 11) is 0.